The van der Waals surface area contributed by atoms with Crippen LogP contribution in [-0.2, 0) is 31.9 Å². The van der Waals surface area contributed by atoms with E-state index in [0.717, 1.165) is 29.5 Å². The fourth-order valence-electron chi connectivity index (χ4n) is 3.12. The van der Waals surface area contributed by atoms with E-state index in [1.807, 2.05) is 32.9 Å². The number of unbranched alkanes of at least 4 members (excludes halogenated alkanes) is 3. The highest BCUT2D eigenvalue weighted by molar-refractivity contribution is 9.09. The van der Waals surface area contributed by atoms with E-state index < -0.39 is 0 Å². The summed E-state index contributed by atoms with van der Waals surface area (Å²) in [4.78, 5) is 23.3. The molecule has 178 valence electrons. The molecule has 0 N–H and O–H groups in total. The highest BCUT2D eigenvalue weighted by Crippen LogP contribution is 2.26. The molecule has 0 aliphatic carbocycles. The monoisotopic (exact) mass is 500 g/mol. The van der Waals surface area contributed by atoms with Gasteiger partial charge in [-0.05, 0) is 63.1 Å². The highest BCUT2D eigenvalue weighted by atomic mass is 79.9. The molecule has 1 rings (SSSR count). The number of benzene rings is 1. The van der Waals surface area contributed by atoms with Crippen molar-refractivity contribution in [2.45, 2.75) is 85.5 Å². The van der Waals surface area contributed by atoms with Gasteiger partial charge in [-0.25, -0.2) is 0 Å². The van der Waals surface area contributed by atoms with E-state index >= 15 is 0 Å². The SMILES string of the molecule is CC.CCOC(=O)CCCOc1cccc(CCCCCCBr)c1CCC(=O)OCC. The van der Waals surface area contributed by atoms with Crippen molar-refractivity contribution in [3.05, 3.63) is 29.3 Å². The standard InChI is InChI=1S/C23H35BrO5.C2H6/c1-3-27-22(25)14-10-18-29-21-13-9-12-19(11-7-5-6-8-17-24)20(21)15-16-23(26)28-4-2;1-2/h9,12-13H,3-8,10-11,14-18H2,1-2H3;1-2H3. The number of alkyl halides is 1. The molecule has 0 saturated carbocycles. The Labute approximate surface area is 197 Å². The first-order chi connectivity index (χ1) is 15.1. The van der Waals surface area contributed by atoms with Gasteiger partial charge in [-0.2, -0.15) is 0 Å². The van der Waals surface area contributed by atoms with E-state index in [1.54, 1.807) is 6.92 Å². The summed E-state index contributed by atoms with van der Waals surface area (Å²) in [6, 6.07) is 6.07. The summed E-state index contributed by atoms with van der Waals surface area (Å²) < 4.78 is 16.0. The molecule has 0 aromatic heterocycles. The van der Waals surface area contributed by atoms with Crippen LogP contribution in [0.3, 0.4) is 0 Å². The number of carbonyl (C=O) groups excluding carboxylic acids is 2. The number of esters is 2. The first-order valence-electron chi connectivity index (χ1n) is 11.7. The first kappa shape index (κ1) is 29.4. The quantitative estimate of drug-likeness (QED) is 0.148. The third-order valence-electron chi connectivity index (χ3n) is 4.53. The van der Waals surface area contributed by atoms with Crippen molar-refractivity contribution in [3.63, 3.8) is 0 Å². The molecule has 1 aromatic carbocycles. The van der Waals surface area contributed by atoms with Crippen LogP contribution in [0.15, 0.2) is 18.2 Å². The molecule has 0 radical (unpaired) electrons. The van der Waals surface area contributed by atoms with Crippen LogP contribution in [0, 0.1) is 0 Å². The molecular weight excluding hydrogens is 460 g/mol. The van der Waals surface area contributed by atoms with Crippen LogP contribution in [-0.4, -0.2) is 37.1 Å². The molecule has 0 fully saturated rings. The minimum atomic E-state index is -0.198. The van der Waals surface area contributed by atoms with Crippen molar-refractivity contribution in [1.82, 2.24) is 0 Å². The van der Waals surface area contributed by atoms with E-state index in [2.05, 4.69) is 22.0 Å². The van der Waals surface area contributed by atoms with Crippen molar-refractivity contribution in [2.24, 2.45) is 0 Å². The summed E-state index contributed by atoms with van der Waals surface area (Å²) in [5.41, 5.74) is 2.31. The summed E-state index contributed by atoms with van der Waals surface area (Å²) in [5.74, 6) is 0.417. The van der Waals surface area contributed by atoms with Crippen LogP contribution in [0.4, 0.5) is 0 Å². The molecule has 6 heteroatoms. The molecule has 0 amide bonds. The minimum Gasteiger partial charge on any atom is -0.493 e. The van der Waals surface area contributed by atoms with Gasteiger partial charge in [0.15, 0.2) is 0 Å². The molecule has 5 nitrogen and oxygen atoms in total. The molecule has 0 bridgehead atoms. The van der Waals surface area contributed by atoms with Crippen LogP contribution >= 0.6 is 15.9 Å². The first-order valence-corrected chi connectivity index (χ1v) is 12.8. The minimum absolute atomic E-state index is 0.187. The average molecular weight is 502 g/mol. The van der Waals surface area contributed by atoms with Crippen LogP contribution in [0.5, 0.6) is 5.75 Å². The van der Waals surface area contributed by atoms with E-state index in [0.29, 0.717) is 45.5 Å². The van der Waals surface area contributed by atoms with E-state index in [-0.39, 0.29) is 11.9 Å². The molecule has 0 heterocycles. The topological polar surface area (TPSA) is 61.8 Å². The maximum absolute atomic E-state index is 11.8. The third kappa shape index (κ3) is 14.2. The lowest BCUT2D eigenvalue weighted by atomic mass is 9.97. The van der Waals surface area contributed by atoms with Gasteiger partial charge in [0.25, 0.3) is 0 Å². The maximum Gasteiger partial charge on any atom is 0.306 e. The largest absolute Gasteiger partial charge is 0.493 e. The van der Waals surface area contributed by atoms with Crippen molar-refractivity contribution >= 4 is 27.9 Å². The zero-order valence-electron chi connectivity index (χ0n) is 19.8. The number of halogens is 1. The molecule has 0 spiro atoms. The van der Waals surface area contributed by atoms with Crippen molar-refractivity contribution in [1.29, 1.82) is 0 Å². The number of carbonyl (C=O) groups is 2. The Morgan fingerprint density at radius 1 is 0.839 bits per heavy atom. The van der Waals surface area contributed by atoms with Crippen LogP contribution in [0.25, 0.3) is 0 Å². The smallest absolute Gasteiger partial charge is 0.306 e. The summed E-state index contributed by atoms with van der Waals surface area (Å²) in [6.45, 7) is 8.85. The molecule has 0 aliphatic heterocycles. The Kier molecular flexibility index (Phi) is 19.3. The molecule has 1 aromatic rings. The number of ether oxygens (including phenoxy) is 3. The summed E-state index contributed by atoms with van der Waals surface area (Å²) in [7, 11) is 0. The third-order valence-corrected chi connectivity index (χ3v) is 5.09. The van der Waals surface area contributed by atoms with Gasteiger partial charge in [0, 0.05) is 18.2 Å². The van der Waals surface area contributed by atoms with Crippen LogP contribution < -0.4 is 4.74 Å². The molecule has 0 atom stereocenters. The second-order valence-electron chi connectivity index (χ2n) is 6.81. The predicted octanol–water partition coefficient (Wildman–Crippen LogP) is 6.43. The van der Waals surface area contributed by atoms with Crippen LogP contribution in [0.1, 0.15) is 83.8 Å². The van der Waals surface area contributed by atoms with Crippen molar-refractivity contribution < 1.29 is 23.8 Å². The van der Waals surface area contributed by atoms with E-state index in [4.69, 9.17) is 14.2 Å². The Morgan fingerprint density at radius 2 is 1.48 bits per heavy atom. The lowest BCUT2D eigenvalue weighted by Crippen LogP contribution is -2.10. The van der Waals surface area contributed by atoms with Crippen molar-refractivity contribution in [3.8, 4) is 5.75 Å². The molecule has 31 heavy (non-hydrogen) atoms. The molecule has 0 aliphatic rings. The fourth-order valence-corrected chi connectivity index (χ4v) is 3.52. The molecule has 0 saturated heterocycles. The lowest BCUT2D eigenvalue weighted by Gasteiger charge is -2.16. The maximum atomic E-state index is 11.8. The Morgan fingerprint density at radius 3 is 2.13 bits per heavy atom. The lowest BCUT2D eigenvalue weighted by molar-refractivity contribution is -0.144. The summed E-state index contributed by atoms with van der Waals surface area (Å²) >= 11 is 3.47. The Balaban J connectivity index is 0.00000436. The number of rotatable bonds is 16. The Hall–Kier alpha value is -1.56. The number of hydrogen-bond donors (Lipinski definition) is 0. The van der Waals surface area contributed by atoms with Gasteiger partial charge in [-0.3, -0.25) is 9.59 Å². The number of aryl methyl sites for hydroxylation is 1. The highest BCUT2D eigenvalue weighted by Gasteiger charge is 2.13. The van der Waals surface area contributed by atoms with E-state index in [9.17, 15) is 9.59 Å². The normalized spacial score (nSPS) is 10.1. The van der Waals surface area contributed by atoms with Crippen LogP contribution in [0.2, 0.25) is 0 Å². The van der Waals surface area contributed by atoms with Gasteiger partial charge in [-0.1, -0.05) is 54.8 Å². The zero-order valence-corrected chi connectivity index (χ0v) is 21.4. The predicted molar refractivity (Wildman–Crippen MR) is 130 cm³/mol. The second-order valence-corrected chi connectivity index (χ2v) is 7.60. The van der Waals surface area contributed by atoms with Gasteiger partial charge in [-0.15, -0.1) is 0 Å². The fraction of sp³-hybridized carbons (Fsp3) is 0.680. The zero-order chi connectivity index (χ0) is 23.3. The second kappa shape index (κ2) is 20.3. The van der Waals surface area contributed by atoms with Gasteiger partial charge in [0.2, 0.25) is 0 Å². The average Bonchev–Trinajstić information content (AvgIpc) is 2.77. The summed E-state index contributed by atoms with van der Waals surface area (Å²) in [6.07, 6.45) is 7.58. The van der Waals surface area contributed by atoms with Crippen molar-refractivity contribution in [2.75, 3.05) is 25.2 Å². The number of hydrogen-bond acceptors (Lipinski definition) is 5. The molecule has 0 unspecified atom stereocenters. The van der Waals surface area contributed by atoms with Gasteiger partial charge < -0.3 is 14.2 Å². The van der Waals surface area contributed by atoms with Gasteiger partial charge >= 0.3 is 11.9 Å². The Bertz CT molecular complexity index is 604. The van der Waals surface area contributed by atoms with Gasteiger partial charge in [0.1, 0.15) is 5.75 Å². The van der Waals surface area contributed by atoms with Gasteiger partial charge in [0.05, 0.1) is 19.8 Å². The summed E-state index contributed by atoms with van der Waals surface area (Å²) in [5, 5.41) is 1.05. The van der Waals surface area contributed by atoms with E-state index in [1.165, 1.54) is 24.8 Å². The molecular formula is C25H41BrO5.